The first kappa shape index (κ1) is 18.0. The molecule has 0 aliphatic carbocycles. The minimum Gasteiger partial charge on any atom is -0.313 e. The van der Waals surface area contributed by atoms with Crippen molar-refractivity contribution in [1.82, 2.24) is 5.32 Å². The quantitative estimate of drug-likeness (QED) is 0.792. The molecule has 3 N–H and O–H groups in total. The zero-order chi connectivity index (χ0) is 17.3. The number of hydrogen-bond acceptors (Lipinski definition) is 6. The lowest BCUT2D eigenvalue weighted by molar-refractivity contribution is 0.566. The summed E-state index contributed by atoms with van der Waals surface area (Å²) in [6.07, 6.45) is 0. The van der Waals surface area contributed by atoms with E-state index in [0.717, 1.165) is 18.2 Å². The molecule has 2 rings (SSSR count). The van der Waals surface area contributed by atoms with Gasteiger partial charge in [-0.05, 0) is 36.4 Å². The van der Waals surface area contributed by atoms with E-state index in [2.05, 4.69) is 5.32 Å². The summed E-state index contributed by atoms with van der Waals surface area (Å²) in [6.45, 7) is 3.02. The van der Waals surface area contributed by atoms with Crippen LogP contribution >= 0.6 is 11.3 Å². The van der Waals surface area contributed by atoms with E-state index in [1.165, 1.54) is 12.1 Å². The number of thiophene rings is 1. The Morgan fingerprint density at radius 3 is 2.30 bits per heavy atom. The van der Waals surface area contributed by atoms with Crippen molar-refractivity contribution in [3.63, 3.8) is 0 Å². The van der Waals surface area contributed by atoms with Gasteiger partial charge >= 0.3 is 0 Å². The second-order valence-corrected chi connectivity index (χ2v) is 9.68. The molecule has 0 bridgehead atoms. The van der Waals surface area contributed by atoms with Crippen molar-refractivity contribution in [2.24, 2.45) is 5.14 Å². The summed E-state index contributed by atoms with van der Waals surface area (Å²) < 4.78 is 60.9. The fourth-order valence-corrected chi connectivity index (χ4v) is 5.48. The lowest BCUT2D eigenvalue weighted by Crippen LogP contribution is -2.12. The molecule has 0 radical (unpaired) electrons. The van der Waals surface area contributed by atoms with Crippen LogP contribution < -0.4 is 10.5 Å². The molecule has 1 aromatic heterocycles. The van der Waals surface area contributed by atoms with Gasteiger partial charge in [-0.3, -0.25) is 0 Å². The summed E-state index contributed by atoms with van der Waals surface area (Å²) in [5.74, 6) is -0.883. The highest BCUT2D eigenvalue weighted by molar-refractivity contribution is 7.95. The fourth-order valence-electron chi connectivity index (χ4n) is 1.85. The maximum Gasteiger partial charge on any atom is 0.247 e. The Kier molecular flexibility index (Phi) is 5.21. The number of nitrogens with two attached hydrogens (primary N) is 1. The van der Waals surface area contributed by atoms with Crippen LogP contribution in [0.3, 0.4) is 0 Å². The van der Waals surface area contributed by atoms with Crippen molar-refractivity contribution in [1.29, 1.82) is 0 Å². The van der Waals surface area contributed by atoms with Crippen LogP contribution in [0.4, 0.5) is 4.39 Å². The first-order chi connectivity index (χ1) is 10.7. The van der Waals surface area contributed by atoms with E-state index in [-0.39, 0.29) is 8.42 Å². The van der Waals surface area contributed by atoms with Gasteiger partial charge in [-0.1, -0.05) is 13.0 Å². The van der Waals surface area contributed by atoms with Crippen molar-refractivity contribution in [3.8, 4) is 0 Å². The van der Waals surface area contributed by atoms with Gasteiger partial charge in [0, 0.05) is 6.54 Å². The molecule has 0 saturated heterocycles. The molecule has 6 nitrogen and oxygen atoms in total. The molecule has 1 heterocycles. The SMILES string of the molecule is CCNCc1ccc(S(=O)(=O)c2ccc(S(N)(=O)=O)s2)c(F)c1. The van der Waals surface area contributed by atoms with Crippen LogP contribution in [0.1, 0.15) is 12.5 Å². The summed E-state index contributed by atoms with van der Waals surface area (Å²) in [5.41, 5.74) is 0.611. The van der Waals surface area contributed by atoms with Gasteiger partial charge in [-0.2, -0.15) is 0 Å². The summed E-state index contributed by atoms with van der Waals surface area (Å²) >= 11 is 0.488. The highest BCUT2D eigenvalue weighted by atomic mass is 32.3. The van der Waals surface area contributed by atoms with Crippen molar-refractivity contribution in [2.45, 2.75) is 26.8 Å². The third kappa shape index (κ3) is 3.96. The summed E-state index contributed by atoms with van der Waals surface area (Å²) in [5, 5.41) is 7.96. The van der Waals surface area contributed by atoms with Crippen LogP contribution in [0.15, 0.2) is 43.6 Å². The number of primary sulfonamides is 1. The normalized spacial score (nSPS) is 12.5. The van der Waals surface area contributed by atoms with Gasteiger partial charge in [0.2, 0.25) is 19.9 Å². The number of halogens is 1. The minimum absolute atomic E-state index is 0.278. The van der Waals surface area contributed by atoms with E-state index in [0.29, 0.717) is 30.0 Å². The number of hydrogen-bond donors (Lipinski definition) is 2. The van der Waals surface area contributed by atoms with Crippen molar-refractivity contribution in [3.05, 3.63) is 41.7 Å². The molecule has 126 valence electrons. The average molecular weight is 378 g/mol. The van der Waals surface area contributed by atoms with Crippen LogP contribution in [0.2, 0.25) is 0 Å². The van der Waals surface area contributed by atoms with Crippen LogP contribution in [0.25, 0.3) is 0 Å². The predicted octanol–water partition coefficient (Wildman–Crippen LogP) is 1.48. The zero-order valence-electron chi connectivity index (χ0n) is 12.1. The molecular formula is C13H15FN2O4S3. The molecule has 0 atom stereocenters. The molecule has 0 fully saturated rings. The lowest BCUT2D eigenvalue weighted by Gasteiger charge is -2.07. The molecule has 0 aliphatic heterocycles. The zero-order valence-corrected chi connectivity index (χ0v) is 14.6. The maximum absolute atomic E-state index is 14.2. The topological polar surface area (TPSA) is 106 Å². The van der Waals surface area contributed by atoms with E-state index in [1.807, 2.05) is 6.92 Å². The predicted molar refractivity (Wildman–Crippen MR) is 84.9 cm³/mol. The Bertz CT molecular complexity index is 920. The third-order valence-corrected chi connectivity index (χ3v) is 7.77. The van der Waals surface area contributed by atoms with Crippen molar-refractivity contribution >= 4 is 31.2 Å². The highest BCUT2D eigenvalue weighted by Gasteiger charge is 2.25. The largest absolute Gasteiger partial charge is 0.313 e. The van der Waals surface area contributed by atoms with Gasteiger partial charge in [-0.25, -0.2) is 26.4 Å². The van der Waals surface area contributed by atoms with Gasteiger partial charge in [0.05, 0.1) is 0 Å². The number of rotatable bonds is 6. The summed E-state index contributed by atoms with van der Waals surface area (Å²) in [6, 6.07) is 6.01. The second-order valence-electron chi connectivity index (χ2n) is 4.67. The average Bonchev–Trinajstić information content (AvgIpc) is 2.95. The molecule has 10 heteroatoms. The van der Waals surface area contributed by atoms with Gasteiger partial charge in [-0.15, -0.1) is 11.3 Å². The Balaban J connectivity index is 2.42. The monoisotopic (exact) mass is 378 g/mol. The molecule has 0 spiro atoms. The molecule has 0 unspecified atom stereocenters. The molecule has 0 amide bonds. The highest BCUT2D eigenvalue weighted by Crippen LogP contribution is 2.31. The molecule has 1 aromatic carbocycles. The van der Waals surface area contributed by atoms with E-state index >= 15 is 0 Å². The molecule has 0 saturated carbocycles. The summed E-state index contributed by atoms with van der Waals surface area (Å²) in [4.78, 5) is -0.499. The van der Waals surface area contributed by atoms with Gasteiger partial charge in [0.25, 0.3) is 0 Å². The molecular weight excluding hydrogens is 363 g/mol. The number of benzene rings is 1. The fraction of sp³-hybridized carbons (Fsp3) is 0.231. The maximum atomic E-state index is 14.2. The molecule has 23 heavy (non-hydrogen) atoms. The Labute approximate surface area is 138 Å². The van der Waals surface area contributed by atoms with E-state index < -0.39 is 30.6 Å². The van der Waals surface area contributed by atoms with Crippen LogP contribution in [0.5, 0.6) is 0 Å². The van der Waals surface area contributed by atoms with Crippen LogP contribution in [0, 0.1) is 5.82 Å². The number of nitrogens with one attached hydrogen (secondary N) is 1. The third-order valence-electron chi connectivity index (χ3n) is 2.97. The van der Waals surface area contributed by atoms with Crippen LogP contribution in [-0.2, 0) is 26.4 Å². The first-order valence-electron chi connectivity index (χ1n) is 6.53. The van der Waals surface area contributed by atoms with Crippen molar-refractivity contribution in [2.75, 3.05) is 6.54 Å². The van der Waals surface area contributed by atoms with Crippen molar-refractivity contribution < 1.29 is 21.2 Å². The Morgan fingerprint density at radius 2 is 1.78 bits per heavy atom. The van der Waals surface area contributed by atoms with E-state index in [1.54, 1.807) is 0 Å². The summed E-state index contributed by atoms with van der Waals surface area (Å²) in [7, 11) is -8.14. The van der Waals surface area contributed by atoms with Gasteiger partial charge < -0.3 is 5.32 Å². The van der Waals surface area contributed by atoms with Gasteiger partial charge in [0.15, 0.2) is 0 Å². The molecule has 2 aromatic rings. The minimum atomic E-state index is -4.14. The first-order valence-corrected chi connectivity index (χ1v) is 10.4. The number of sulfonamides is 1. The van der Waals surface area contributed by atoms with Crippen LogP contribution in [-0.4, -0.2) is 23.4 Å². The second kappa shape index (κ2) is 6.65. The Hall–Kier alpha value is -1.33. The standard InChI is InChI=1S/C13H15FN2O4S3/c1-2-16-8-9-3-4-11(10(14)7-9)22(17,18)12-5-6-13(21-12)23(15,19)20/h3-7,16H,2,8H2,1H3,(H2,15,19,20). The van der Waals surface area contributed by atoms with E-state index in [9.17, 15) is 21.2 Å². The molecule has 0 aliphatic rings. The number of sulfone groups is 1. The lowest BCUT2D eigenvalue weighted by atomic mass is 10.2. The smallest absolute Gasteiger partial charge is 0.247 e. The Morgan fingerprint density at radius 1 is 1.13 bits per heavy atom. The van der Waals surface area contributed by atoms with E-state index in [4.69, 9.17) is 5.14 Å². The van der Waals surface area contributed by atoms with Gasteiger partial charge in [0.1, 0.15) is 19.1 Å².